The summed E-state index contributed by atoms with van der Waals surface area (Å²) in [7, 11) is 1.57. The van der Waals surface area contributed by atoms with Crippen molar-refractivity contribution in [2.24, 2.45) is 0 Å². The summed E-state index contributed by atoms with van der Waals surface area (Å²) in [5, 5.41) is 0. The number of ether oxygens (including phenoxy) is 2. The van der Waals surface area contributed by atoms with E-state index in [0.717, 1.165) is 6.42 Å². The van der Waals surface area contributed by atoms with Gasteiger partial charge in [-0.15, -0.1) is 0 Å². The van der Waals surface area contributed by atoms with Crippen LogP contribution in [0.1, 0.15) is 22.8 Å². The lowest BCUT2D eigenvalue weighted by Crippen LogP contribution is -2.03. The Morgan fingerprint density at radius 2 is 1.80 bits per heavy atom. The van der Waals surface area contributed by atoms with Gasteiger partial charge in [0.2, 0.25) is 0 Å². The first kappa shape index (κ1) is 14.1. The van der Waals surface area contributed by atoms with Gasteiger partial charge >= 0.3 is 0 Å². The average molecular weight is 270 g/mol. The van der Waals surface area contributed by atoms with Gasteiger partial charge in [0.15, 0.2) is 17.3 Å². The minimum absolute atomic E-state index is 0.0131. The lowest BCUT2D eigenvalue weighted by atomic mass is 10.1. The molecule has 2 aromatic rings. The predicted octanol–water partition coefficient (Wildman–Crippen LogP) is 3.52. The molecule has 0 aliphatic rings. The van der Waals surface area contributed by atoms with Gasteiger partial charge in [-0.1, -0.05) is 30.3 Å². The second-order valence-corrected chi connectivity index (χ2v) is 4.51. The molecule has 0 atom stereocenters. The molecule has 20 heavy (non-hydrogen) atoms. The molecule has 0 aliphatic carbocycles. The highest BCUT2D eigenvalue weighted by molar-refractivity contribution is 5.94. The van der Waals surface area contributed by atoms with E-state index in [1.54, 1.807) is 25.3 Å². The van der Waals surface area contributed by atoms with Crippen molar-refractivity contribution in [2.45, 2.75) is 13.3 Å². The van der Waals surface area contributed by atoms with Crippen LogP contribution in [-0.4, -0.2) is 19.5 Å². The van der Waals surface area contributed by atoms with Gasteiger partial charge in [-0.3, -0.25) is 4.79 Å². The Morgan fingerprint density at radius 1 is 1.05 bits per heavy atom. The fourth-order valence-corrected chi connectivity index (χ4v) is 1.93. The summed E-state index contributed by atoms with van der Waals surface area (Å²) in [5.74, 6) is 1.26. The first-order valence-electron chi connectivity index (χ1n) is 6.56. The maximum absolute atomic E-state index is 11.3. The summed E-state index contributed by atoms with van der Waals surface area (Å²) >= 11 is 0. The summed E-state index contributed by atoms with van der Waals surface area (Å²) in [6, 6.07) is 15.4. The molecule has 104 valence electrons. The van der Waals surface area contributed by atoms with Crippen LogP contribution >= 0.6 is 0 Å². The van der Waals surface area contributed by atoms with Crippen LogP contribution in [0.4, 0.5) is 0 Å². The minimum atomic E-state index is 0.0131. The molecule has 0 saturated carbocycles. The van der Waals surface area contributed by atoms with E-state index in [2.05, 4.69) is 12.1 Å². The summed E-state index contributed by atoms with van der Waals surface area (Å²) in [6.45, 7) is 2.10. The van der Waals surface area contributed by atoms with E-state index in [4.69, 9.17) is 9.47 Å². The van der Waals surface area contributed by atoms with Crippen molar-refractivity contribution in [3.05, 3.63) is 59.7 Å². The SMILES string of the molecule is COc1cc(C(C)=O)ccc1OCCc1ccccc1. The highest BCUT2D eigenvalue weighted by atomic mass is 16.5. The second kappa shape index (κ2) is 6.75. The van der Waals surface area contributed by atoms with E-state index >= 15 is 0 Å². The molecular formula is C17H18O3. The zero-order valence-electron chi connectivity index (χ0n) is 11.8. The Balaban J connectivity index is 2.00. The first-order chi connectivity index (χ1) is 9.70. The summed E-state index contributed by atoms with van der Waals surface area (Å²) in [4.78, 5) is 11.3. The van der Waals surface area contributed by atoms with E-state index in [1.807, 2.05) is 18.2 Å². The lowest BCUT2D eigenvalue weighted by Gasteiger charge is -2.11. The highest BCUT2D eigenvalue weighted by Gasteiger charge is 2.08. The third-order valence-electron chi connectivity index (χ3n) is 3.06. The van der Waals surface area contributed by atoms with Crippen LogP contribution in [0, 0.1) is 0 Å². The van der Waals surface area contributed by atoms with Crippen molar-refractivity contribution in [3.8, 4) is 11.5 Å². The number of ketones is 1. The number of carbonyl (C=O) groups is 1. The number of hydrogen-bond donors (Lipinski definition) is 0. The molecule has 0 fully saturated rings. The van der Waals surface area contributed by atoms with Gasteiger partial charge in [0.25, 0.3) is 0 Å². The van der Waals surface area contributed by atoms with E-state index in [0.29, 0.717) is 23.7 Å². The molecule has 0 radical (unpaired) electrons. The van der Waals surface area contributed by atoms with Crippen LogP contribution in [0.3, 0.4) is 0 Å². The smallest absolute Gasteiger partial charge is 0.161 e. The number of carbonyl (C=O) groups excluding carboxylic acids is 1. The molecule has 0 heterocycles. The Hall–Kier alpha value is -2.29. The van der Waals surface area contributed by atoms with Gasteiger partial charge < -0.3 is 9.47 Å². The fourth-order valence-electron chi connectivity index (χ4n) is 1.93. The minimum Gasteiger partial charge on any atom is -0.493 e. The van der Waals surface area contributed by atoms with Crippen molar-refractivity contribution < 1.29 is 14.3 Å². The van der Waals surface area contributed by atoms with Gasteiger partial charge in [0.1, 0.15) is 0 Å². The molecule has 2 aromatic carbocycles. The molecular weight excluding hydrogens is 252 g/mol. The van der Waals surface area contributed by atoms with Crippen molar-refractivity contribution in [2.75, 3.05) is 13.7 Å². The van der Waals surface area contributed by atoms with Crippen molar-refractivity contribution in [3.63, 3.8) is 0 Å². The maximum Gasteiger partial charge on any atom is 0.161 e. The van der Waals surface area contributed by atoms with Gasteiger partial charge in [0.05, 0.1) is 13.7 Å². The molecule has 0 unspecified atom stereocenters. The van der Waals surface area contributed by atoms with Gasteiger partial charge in [-0.05, 0) is 30.7 Å². The van der Waals surface area contributed by atoms with Gasteiger partial charge in [0, 0.05) is 12.0 Å². The van der Waals surface area contributed by atoms with Crippen LogP contribution in [0.2, 0.25) is 0 Å². The highest BCUT2D eigenvalue weighted by Crippen LogP contribution is 2.28. The molecule has 3 heteroatoms. The van der Waals surface area contributed by atoms with Crippen LogP contribution in [-0.2, 0) is 6.42 Å². The molecule has 0 aromatic heterocycles. The normalized spacial score (nSPS) is 10.1. The third kappa shape index (κ3) is 3.60. The molecule has 2 rings (SSSR count). The maximum atomic E-state index is 11.3. The number of benzene rings is 2. The van der Waals surface area contributed by atoms with Crippen LogP contribution in [0.15, 0.2) is 48.5 Å². The molecule has 0 aliphatic heterocycles. The zero-order chi connectivity index (χ0) is 14.4. The van der Waals surface area contributed by atoms with Gasteiger partial charge in [-0.25, -0.2) is 0 Å². The zero-order valence-corrected chi connectivity index (χ0v) is 11.8. The van der Waals surface area contributed by atoms with E-state index in [9.17, 15) is 4.79 Å². The van der Waals surface area contributed by atoms with E-state index in [1.165, 1.54) is 12.5 Å². The average Bonchev–Trinajstić information content (AvgIpc) is 2.48. The van der Waals surface area contributed by atoms with Crippen LogP contribution < -0.4 is 9.47 Å². The number of hydrogen-bond acceptors (Lipinski definition) is 3. The Morgan fingerprint density at radius 3 is 2.45 bits per heavy atom. The second-order valence-electron chi connectivity index (χ2n) is 4.51. The molecule has 0 N–H and O–H groups in total. The summed E-state index contributed by atoms with van der Waals surface area (Å²) in [5.41, 5.74) is 1.85. The topological polar surface area (TPSA) is 35.5 Å². The Labute approximate surface area is 119 Å². The predicted molar refractivity (Wildman–Crippen MR) is 78.6 cm³/mol. The standard InChI is InChI=1S/C17H18O3/c1-13(18)15-8-9-16(17(12-15)19-2)20-11-10-14-6-4-3-5-7-14/h3-9,12H,10-11H2,1-2H3. The summed E-state index contributed by atoms with van der Waals surface area (Å²) in [6.07, 6.45) is 0.832. The monoisotopic (exact) mass is 270 g/mol. The quantitative estimate of drug-likeness (QED) is 0.753. The first-order valence-corrected chi connectivity index (χ1v) is 6.56. The Bertz CT molecular complexity index is 576. The lowest BCUT2D eigenvalue weighted by molar-refractivity contribution is 0.101. The molecule has 3 nitrogen and oxygen atoms in total. The number of Topliss-reactive ketones (excluding diaryl/α,β-unsaturated/α-hetero) is 1. The van der Waals surface area contributed by atoms with Crippen LogP contribution in [0.25, 0.3) is 0 Å². The fraction of sp³-hybridized carbons (Fsp3) is 0.235. The third-order valence-corrected chi connectivity index (χ3v) is 3.06. The van der Waals surface area contributed by atoms with Crippen LogP contribution in [0.5, 0.6) is 11.5 Å². The summed E-state index contributed by atoms with van der Waals surface area (Å²) < 4.78 is 11.0. The number of methoxy groups -OCH3 is 1. The molecule has 0 spiro atoms. The van der Waals surface area contributed by atoms with Crippen molar-refractivity contribution >= 4 is 5.78 Å². The number of rotatable bonds is 6. The van der Waals surface area contributed by atoms with Gasteiger partial charge in [-0.2, -0.15) is 0 Å². The Kier molecular flexibility index (Phi) is 4.77. The molecule has 0 saturated heterocycles. The van der Waals surface area contributed by atoms with Crippen molar-refractivity contribution in [1.82, 2.24) is 0 Å². The van der Waals surface area contributed by atoms with Crippen molar-refractivity contribution in [1.29, 1.82) is 0 Å². The molecule has 0 amide bonds. The largest absolute Gasteiger partial charge is 0.493 e. The van der Waals surface area contributed by atoms with E-state index in [-0.39, 0.29) is 5.78 Å². The van der Waals surface area contributed by atoms with E-state index < -0.39 is 0 Å². The molecule has 0 bridgehead atoms.